The van der Waals surface area contributed by atoms with Crippen LogP contribution in [-0.4, -0.2) is 83.3 Å². The molecule has 4 N–H and O–H groups in total. The number of ether oxygens (including phenoxy) is 1. The molecular formula is C34H71NO7P+. The van der Waals surface area contributed by atoms with Gasteiger partial charge in [0.1, 0.15) is 6.10 Å². The smallest absolute Gasteiger partial charge is 0.385 e. The summed E-state index contributed by atoms with van der Waals surface area (Å²) < 4.78 is 24.3. The fourth-order valence-electron chi connectivity index (χ4n) is 5.43. The third-order valence-corrected chi connectivity index (χ3v) is 10.4. The average molecular weight is 637 g/mol. The second kappa shape index (κ2) is 28.0. The number of unbranched alkanes of at least 4 members (excludes halogenated alkanes) is 16. The van der Waals surface area contributed by atoms with E-state index >= 15 is 0 Å². The lowest BCUT2D eigenvalue weighted by Gasteiger charge is -2.39. The number of hydrogen-bond acceptors (Lipinski definition) is 6. The molecule has 0 radical (unpaired) electrons. The predicted octanol–water partition coefficient (Wildman–Crippen LogP) is 8.07. The van der Waals surface area contributed by atoms with Crippen LogP contribution in [0.3, 0.4) is 0 Å². The minimum absolute atomic E-state index is 0.0730. The van der Waals surface area contributed by atoms with Gasteiger partial charge in [0, 0.05) is 19.4 Å². The summed E-state index contributed by atoms with van der Waals surface area (Å²) in [6, 6.07) is 0. The van der Waals surface area contributed by atoms with Crippen LogP contribution in [0, 0.1) is 0 Å². The number of aliphatic hydroxyl groups is 3. The van der Waals surface area contributed by atoms with Crippen LogP contribution >= 0.6 is 7.60 Å². The molecule has 8 nitrogen and oxygen atoms in total. The van der Waals surface area contributed by atoms with Crippen molar-refractivity contribution in [1.29, 1.82) is 0 Å². The van der Waals surface area contributed by atoms with Gasteiger partial charge in [0.15, 0.2) is 12.1 Å². The summed E-state index contributed by atoms with van der Waals surface area (Å²) in [7, 11) is -0.453. The highest BCUT2D eigenvalue weighted by atomic mass is 31.2. The lowest BCUT2D eigenvalue weighted by molar-refractivity contribution is -0.904. The van der Waals surface area contributed by atoms with Crippen LogP contribution in [-0.2, 0) is 13.8 Å². The number of rotatable bonds is 32. The van der Waals surface area contributed by atoms with Crippen molar-refractivity contribution in [3.05, 3.63) is 12.2 Å². The van der Waals surface area contributed by atoms with Gasteiger partial charge in [-0.3, -0.25) is 4.57 Å². The SMILES string of the molecule is CCCCCCC/C=C\CCCCCCCCCCCOC[C@@H](O)COP(=O)(O)C(CCCCC)[N+](C)(C)CCC(O)O. The van der Waals surface area contributed by atoms with Crippen LogP contribution in [0.5, 0.6) is 0 Å². The Morgan fingerprint density at radius 2 is 1.16 bits per heavy atom. The third kappa shape index (κ3) is 25.6. The van der Waals surface area contributed by atoms with Crippen molar-refractivity contribution in [3.63, 3.8) is 0 Å². The maximum atomic E-state index is 13.2. The number of hydrogen-bond donors (Lipinski definition) is 4. The molecule has 0 amide bonds. The van der Waals surface area contributed by atoms with E-state index in [1.807, 2.05) is 14.1 Å². The van der Waals surface area contributed by atoms with Crippen molar-refractivity contribution in [3.8, 4) is 0 Å². The van der Waals surface area contributed by atoms with E-state index in [0.717, 1.165) is 32.1 Å². The van der Waals surface area contributed by atoms with Crippen molar-refractivity contribution in [2.75, 3.05) is 40.5 Å². The number of allylic oxidation sites excluding steroid dienone is 2. The van der Waals surface area contributed by atoms with Gasteiger partial charge in [-0.05, 0) is 38.5 Å². The second-order valence-corrected chi connectivity index (χ2v) is 15.0. The summed E-state index contributed by atoms with van der Waals surface area (Å²) in [6.45, 7) is 5.03. The Morgan fingerprint density at radius 1 is 0.674 bits per heavy atom. The Morgan fingerprint density at radius 3 is 1.70 bits per heavy atom. The van der Waals surface area contributed by atoms with Gasteiger partial charge >= 0.3 is 7.60 Å². The van der Waals surface area contributed by atoms with Gasteiger partial charge in [0.25, 0.3) is 0 Å². The molecule has 0 spiro atoms. The summed E-state index contributed by atoms with van der Waals surface area (Å²) in [4.78, 5) is 10.8. The third-order valence-electron chi connectivity index (χ3n) is 8.28. The summed E-state index contributed by atoms with van der Waals surface area (Å²) >= 11 is 0. The first kappa shape index (κ1) is 42.7. The van der Waals surface area contributed by atoms with Crippen molar-refractivity contribution < 1.29 is 38.5 Å². The first-order valence-electron chi connectivity index (χ1n) is 17.6. The van der Waals surface area contributed by atoms with E-state index < -0.39 is 25.8 Å². The Bertz CT molecular complexity index is 690. The molecule has 0 heterocycles. The van der Waals surface area contributed by atoms with Gasteiger partial charge in [-0.2, -0.15) is 0 Å². The van der Waals surface area contributed by atoms with Crippen molar-refractivity contribution in [1.82, 2.24) is 0 Å². The highest BCUT2D eigenvalue weighted by Crippen LogP contribution is 2.52. The second-order valence-electron chi connectivity index (χ2n) is 13.0. The highest BCUT2D eigenvalue weighted by molar-refractivity contribution is 7.53. The van der Waals surface area contributed by atoms with E-state index in [0.29, 0.717) is 19.6 Å². The van der Waals surface area contributed by atoms with E-state index in [9.17, 15) is 24.8 Å². The molecule has 0 aromatic rings. The molecule has 2 unspecified atom stereocenters. The molecule has 0 saturated heterocycles. The standard InChI is InChI=1S/C34H70NO7P/c1-5-7-9-10-11-12-13-14-15-16-17-18-19-20-21-22-23-25-29-41-30-32(36)31-42-43(39,40)33(26-24-8-6-2)35(3,4)28-27-34(37)38/h13-14,32-34,36-38H,5-12,15-31H2,1-4H3/p+1/b14-13-/t32-,33?/m1/s1. The first-order chi connectivity index (χ1) is 20.6. The number of quaternary nitrogens is 1. The fraction of sp³-hybridized carbons (Fsp3) is 0.941. The van der Waals surface area contributed by atoms with Crippen molar-refractivity contribution in [2.45, 2.75) is 167 Å². The van der Waals surface area contributed by atoms with Crippen LogP contribution in [0.1, 0.15) is 149 Å². The molecule has 0 bridgehead atoms. The molecule has 0 fully saturated rings. The molecule has 0 aliphatic heterocycles. The fourth-order valence-corrected chi connectivity index (χ4v) is 7.41. The van der Waals surface area contributed by atoms with Crippen molar-refractivity contribution >= 4 is 7.60 Å². The zero-order valence-electron chi connectivity index (χ0n) is 28.5. The van der Waals surface area contributed by atoms with Gasteiger partial charge in [-0.15, -0.1) is 0 Å². The van der Waals surface area contributed by atoms with Gasteiger partial charge in [0.2, 0.25) is 0 Å². The van der Waals surface area contributed by atoms with Crippen LogP contribution in [0.25, 0.3) is 0 Å². The molecule has 43 heavy (non-hydrogen) atoms. The van der Waals surface area contributed by atoms with Crippen LogP contribution in [0.15, 0.2) is 12.2 Å². The molecule has 258 valence electrons. The Hall–Kier alpha value is -0.310. The summed E-state index contributed by atoms with van der Waals surface area (Å²) in [5.41, 5.74) is 0. The Labute approximate surface area is 265 Å². The van der Waals surface area contributed by atoms with Gasteiger partial charge < -0.3 is 34.0 Å². The molecular weight excluding hydrogens is 565 g/mol. The molecule has 0 rings (SSSR count). The highest BCUT2D eigenvalue weighted by Gasteiger charge is 2.44. The monoisotopic (exact) mass is 636 g/mol. The van der Waals surface area contributed by atoms with E-state index in [1.165, 1.54) is 89.9 Å². The molecule has 3 atom stereocenters. The summed E-state index contributed by atoms with van der Waals surface area (Å²) in [5.74, 6) is -0.706. The number of nitrogens with zero attached hydrogens (tertiary/aromatic N) is 1. The van der Waals surface area contributed by atoms with Crippen LogP contribution in [0.2, 0.25) is 0 Å². The van der Waals surface area contributed by atoms with E-state index in [-0.39, 0.29) is 24.1 Å². The number of aliphatic hydroxyl groups excluding tert-OH is 2. The van der Waals surface area contributed by atoms with Gasteiger partial charge in [-0.1, -0.05) is 109 Å². The van der Waals surface area contributed by atoms with E-state index in [2.05, 4.69) is 26.0 Å². The zero-order valence-corrected chi connectivity index (χ0v) is 29.4. The largest absolute Gasteiger partial charge is 0.388 e. The lowest BCUT2D eigenvalue weighted by atomic mass is 10.1. The molecule has 0 saturated carbocycles. The normalized spacial score (nSPS) is 15.4. The van der Waals surface area contributed by atoms with Crippen LogP contribution in [0.4, 0.5) is 0 Å². The minimum atomic E-state index is -4.07. The first-order valence-corrected chi connectivity index (χ1v) is 19.3. The van der Waals surface area contributed by atoms with E-state index in [1.54, 1.807) is 0 Å². The topological polar surface area (TPSA) is 116 Å². The molecule has 9 heteroatoms. The van der Waals surface area contributed by atoms with Gasteiger partial charge in [-0.25, -0.2) is 0 Å². The maximum absolute atomic E-state index is 13.2. The lowest BCUT2D eigenvalue weighted by Crippen LogP contribution is -2.50. The van der Waals surface area contributed by atoms with E-state index in [4.69, 9.17) is 9.26 Å². The molecule has 0 aliphatic carbocycles. The predicted molar refractivity (Wildman–Crippen MR) is 179 cm³/mol. The van der Waals surface area contributed by atoms with Crippen LogP contribution < -0.4 is 0 Å². The maximum Gasteiger partial charge on any atom is 0.385 e. The zero-order chi connectivity index (χ0) is 32.2. The molecule has 0 aliphatic rings. The summed E-state index contributed by atoms with van der Waals surface area (Å²) in [6.07, 6.45) is 26.0. The average Bonchev–Trinajstić information content (AvgIpc) is 2.96. The quantitative estimate of drug-likeness (QED) is 0.0194. The Kier molecular flexibility index (Phi) is 27.8. The van der Waals surface area contributed by atoms with Gasteiger partial charge in [0.05, 0.1) is 33.9 Å². The molecule has 0 aromatic heterocycles. The molecule has 0 aromatic carbocycles. The summed E-state index contributed by atoms with van der Waals surface area (Å²) in [5, 5.41) is 28.8. The minimum Gasteiger partial charge on any atom is -0.388 e. The van der Waals surface area contributed by atoms with Crippen molar-refractivity contribution in [2.24, 2.45) is 0 Å². The Balaban J connectivity index is 3.92.